The second-order valence-electron chi connectivity index (χ2n) is 6.58. The van der Waals surface area contributed by atoms with E-state index in [2.05, 4.69) is 42.1 Å². The first-order valence-electron chi connectivity index (χ1n) is 8.58. The third kappa shape index (κ3) is 3.39. The molecular formula is C19H25N3O3. The highest BCUT2D eigenvalue weighted by Gasteiger charge is 2.32. The highest BCUT2D eigenvalue weighted by Crippen LogP contribution is 2.24. The first-order chi connectivity index (χ1) is 12.0. The van der Waals surface area contributed by atoms with Gasteiger partial charge in [0.15, 0.2) is 5.69 Å². The second-order valence-corrected chi connectivity index (χ2v) is 6.58. The summed E-state index contributed by atoms with van der Waals surface area (Å²) >= 11 is 0. The summed E-state index contributed by atoms with van der Waals surface area (Å²) in [5, 5.41) is 3.98. The van der Waals surface area contributed by atoms with E-state index in [-0.39, 0.29) is 11.9 Å². The number of aromatic nitrogens is 1. The molecule has 1 amide bonds. The van der Waals surface area contributed by atoms with Crippen molar-refractivity contribution in [1.29, 1.82) is 0 Å². The molecule has 0 unspecified atom stereocenters. The van der Waals surface area contributed by atoms with Gasteiger partial charge < -0.3 is 19.1 Å². The lowest BCUT2D eigenvalue weighted by Gasteiger charge is -2.41. The SMILES string of the molecule is COCc1c(C(=O)N2CCN(c3ccccc3C)C[C@H]2C)noc1C. The Hall–Kier alpha value is -2.34. The van der Waals surface area contributed by atoms with Gasteiger partial charge in [-0.2, -0.15) is 0 Å². The Morgan fingerprint density at radius 3 is 2.76 bits per heavy atom. The maximum Gasteiger partial charge on any atom is 0.276 e. The van der Waals surface area contributed by atoms with Crippen LogP contribution in [0.2, 0.25) is 0 Å². The Morgan fingerprint density at radius 1 is 1.32 bits per heavy atom. The van der Waals surface area contributed by atoms with Crippen molar-refractivity contribution < 1.29 is 14.1 Å². The van der Waals surface area contributed by atoms with E-state index in [0.29, 0.717) is 24.6 Å². The Bertz CT molecular complexity index is 756. The van der Waals surface area contributed by atoms with Crippen LogP contribution in [0.25, 0.3) is 0 Å². The van der Waals surface area contributed by atoms with Crippen LogP contribution in [-0.4, -0.2) is 48.7 Å². The van der Waals surface area contributed by atoms with Crippen molar-refractivity contribution in [2.24, 2.45) is 0 Å². The number of carbonyl (C=O) groups is 1. The minimum Gasteiger partial charge on any atom is -0.380 e. The van der Waals surface area contributed by atoms with Gasteiger partial charge in [0.05, 0.1) is 12.2 Å². The largest absolute Gasteiger partial charge is 0.380 e. The van der Waals surface area contributed by atoms with Crippen LogP contribution < -0.4 is 4.90 Å². The lowest BCUT2D eigenvalue weighted by molar-refractivity contribution is 0.0659. The number of hydrogen-bond donors (Lipinski definition) is 0. The molecule has 1 aromatic heterocycles. The van der Waals surface area contributed by atoms with Crippen LogP contribution >= 0.6 is 0 Å². The van der Waals surface area contributed by atoms with Crippen molar-refractivity contribution >= 4 is 11.6 Å². The predicted molar refractivity (Wildman–Crippen MR) is 95.8 cm³/mol. The number of anilines is 1. The van der Waals surface area contributed by atoms with Gasteiger partial charge in [-0.3, -0.25) is 4.79 Å². The van der Waals surface area contributed by atoms with Gasteiger partial charge >= 0.3 is 0 Å². The van der Waals surface area contributed by atoms with Gasteiger partial charge in [0.25, 0.3) is 5.91 Å². The Balaban J connectivity index is 1.76. The molecule has 0 N–H and O–H groups in total. The molecule has 1 aliphatic heterocycles. The number of aryl methyl sites for hydroxylation is 2. The maximum atomic E-state index is 13.0. The van der Waals surface area contributed by atoms with Crippen LogP contribution in [0, 0.1) is 13.8 Å². The van der Waals surface area contributed by atoms with Crippen molar-refractivity contribution in [3.05, 3.63) is 46.8 Å². The molecule has 1 aromatic carbocycles. The molecule has 6 nitrogen and oxygen atoms in total. The molecule has 134 valence electrons. The molecule has 6 heteroatoms. The zero-order valence-electron chi connectivity index (χ0n) is 15.3. The molecule has 2 heterocycles. The maximum absolute atomic E-state index is 13.0. The van der Waals surface area contributed by atoms with E-state index in [1.165, 1.54) is 11.3 Å². The Morgan fingerprint density at radius 2 is 2.08 bits per heavy atom. The fourth-order valence-corrected chi connectivity index (χ4v) is 3.41. The normalized spacial score (nSPS) is 17.8. The van der Waals surface area contributed by atoms with Crippen LogP contribution in [0.5, 0.6) is 0 Å². The molecule has 1 fully saturated rings. The number of hydrogen-bond acceptors (Lipinski definition) is 5. The molecule has 3 rings (SSSR count). The van der Waals surface area contributed by atoms with E-state index in [0.717, 1.165) is 18.7 Å². The average molecular weight is 343 g/mol. The molecule has 0 spiro atoms. The quantitative estimate of drug-likeness (QED) is 0.854. The number of carbonyl (C=O) groups excluding carboxylic acids is 1. The molecule has 1 aliphatic rings. The van der Waals surface area contributed by atoms with Crippen LogP contribution in [0.15, 0.2) is 28.8 Å². The van der Waals surface area contributed by atoms with Gasteiger partial charge in [0.1, 0.15) is 5.76 Å². The summed E-state index contributed by atoms with van der Waals surface area (Å²) in [6.07, 6.45) is 0. The molecular weight excluding hydrogens is 318 g/mol. The smallest absolute Gasteiger partial charge is 0.276 e. The van der Waals surface area contributed by atoms with Gasteiger partial charge in [-0.05, 0) is 32.4 Å². The molecule has 0 aliphatic carbocycles. The van der Waals surface area contributed by atoms with E-state index in [1.807, 2.05) is 11.0 Å². The zero-order valence-corrected chi connectivity index (χ0v) is 15.3. The number of methoxy groups -OCH3 is 1. The van der Waals surface area contributed by atoms with Crippen molar-refractivity contribution in [2.45, 2.75) is 33.4 Å². The van der Waals surface area contributed by atoms with Crippen molar-refractivity contribution in [3.8, 4) is 0 Å². The fraction of sp³-hybridized carbons (Fsp3) is 0.474. The second kappa shape index (κ2) is 7.27. The first-order valence-corrected chi connectivity index (χ1v) is 8.58. The summed E-state index contributed by atoms with van der Waals surface area (Å²) in [6, 6.07) is 8.45. The minimum atomic E-state index is -0.0826. The minimum absolute atomic E-state index is 0.0826. The van der Waals surface area contributed by atoms with Gasteiger partial charge in [0.2, 0.25) is 0 Å². The van der Waals surface area contributed by atoms with Gasteiger partial charge in [-0.15, -0.1) is 0 Å². The van der Waals surface area contributed by atoms with E-state index in [1.54, 1.807) is 14.0 Å². The molecule has 2 aromatic rings. The summed E-state index contributed by atoms with van der Waals surface area (Å²) < 4.78 is 10.4. The lowest BCUT2D eigenvalue weighted by atomic mass is 10.1. The van der Waals surface area contributed by atoms with E-state index in [4.69, 9.17) is 9.26 Å². The molecule has 0 bridgehead atoms. The monoisotopic (exact) mass is 343 g/mol. The number of benzene rings is 1. The van der Waals surface area contributed by atoms with Crippen LogP contribution in [0.1, 0.15) is 34.3 Å². The third-order valence-corrected chi connectivity index (χ3v) is 4.82. The van der Waals surface area contributed by atoms with Crippen LogP contribution in [-0.2, 0) is 11.3 Å². The summed E-state index contributed by atoms with van der Waals surface area (Å²) in [5.41, 5.74) is 3.60. The highest BCUT2D eigenvalue weighted by molar-refractivity contribution is 5.94. The van der Waals surface area contributed by atoms with Gasteiger partial charge in [-0.25, -0.2) is 0 Å². The van der Waals surface area contributed by atoms with Crippen molar-refractivity contribution in [1.82, 2.24) is 10.1 Å². The molecule has 0 saturated carbocycles. The fourth-order valence-electron chi connectivity index (χ4n) is 3.41. The number of amides is 1. The van der Waals surface area contributed by atoms with Gasteiger partial charge in [-0.1, -0.05) is 23.4 Å². The molecule has 1 saturated heterocycles. The number of para-hydroxylation sites is 1. The molecule has 1 atom stereocenters. The summed E-state index contributed by atoms with van der Waals surface area (Å²) in [5.74, 6) is 0.553. The summed E-state index contributed by atoms with van der Waals surface area (Å²) in [6.45, 7) is 8.58. The van der Waals surface area contributed by atoms with E-state index >= 15 is 0 Å². The van der Waals surface area contributed by atoms with Gasteiger partial charge in [0, 0.05) is 38.5 Å². The summed E-state index contributed by atoms with van der Waals surface area (Å²) in [7, 11) is 1.60. The first kappa shape index (κ1) is 17.5. The standard InChI is InChI=1S/C19H25N3O3/c1-13-7-5-6-8-17(13)21-9-10-22(14(2)11-21)19(23)18-16(12-24-4)15(3)25-20-18/h5-8,14H,9-12H2,1-4H3/t14-/m1/s1. The molecule has 0 radical (unpaired) electrons. The van der Waals surface area contributed by atoms with Crippen LogP contribution in [0.3, 0.4) is 0 Å². The highest BCUT2D eigenvalue weighted by atomic mass is 16.5. The predicted octanol–water partition coefficient (Wildman–Crippen LogP) is 2.79. The lowest BCUT2D eigenvalue weighted by Crippen LogP contribution is -2.54. The summed E-state index contributed by atoms with van der Waals surface area (Å²) in [4.78, 5) is 17.2. The van der Waals surface area contributed by atoms with Crippen molar-refractivity contribution in [3.63, 3.8) is 0 Å². The number of piperazine rings is 1. The zero-order chi connectivity index (χ0) is 18.0. The Kier molecular flexibility index (Phi) is 5.08. The average Bonchev–Trinajstić information content (AvgIpc) is 2.96. The Labute approximate surface area is 148 Å². The van der Waals surface area contributed by atoms with Crippen LogP contribution in [0.4, 0.5) is 5.69 Å². The number of nitrogens with zero attached hydrogens (tertiary/aromatic N) is 3. The molecule has 25 heavy (non-hydrogen) atoms. The number of rotatable bonds is 4. The third-order valence-electron chi connectivity index (χ3n) is 4.82. The van der Waals surface area contributed by atoms with E-state index in [9.17, 15) is 4.79 Å². The number of ether oxygens (including phenoxy) is 1. The van der Waals surface area contributed by atoms with Crippen molar-refractivity contribution in [2.75, 3.05) is 31.6 Å². The topological polar surface area (TPSA) is 58.8 Å². The van der Waals surface area contributed by atoms with E-state index < -0.39 is 0 Å².